The monoisotopic (exact) mass is 419 g/mol. The minimum atomic E-state index is -0.168. The van der Waals surface area contributed by atoms with Gasteiger partial charge in [-0.3, -0.25) is 9.78 Å². The van der Waals surface area contributed by atoms with Crippen molar-refractivity contribution in [2.24, 2.45) is 0 Å². The average Bonchev–Trinajstić information content (AvgIpc) is 2.77. The van der Waals surface area contributed by atoms with Gasteiger partial charge in [-0.1, -0.05) is 23.7 Å². The number of nitrogens with one attached hydrogen (secondary N) is 1. The Balaban J connectivity index is 1.68. The van der Waals surface area contributed by atoms with Crippen molar-refractivity contribution in [3.8, 4) is 11.3 Å². The summed E-state index contributed by atoms with van der Waals surface area (Å²) >= 11 is 7.87. The lowest BCUT2D eigenvalue weighted by atomic mass is 10.0. The van der Waals surface area contributed by atoms with Gasteiger partial charge in [0.1, 0.15) is 0 Å². The Bertz CT molecular complexity index is 1160. The number of hydrogen-bond donors (Lipinski definition) is 1. The van der Waals surface area contributed by atoms with Crippen molar-refractivity contribution in [3.63, 3.8) is 0 Å². The van der Waals surface area contributed by atoms with E-state index in [2.05, 4.69) is 15.3 Å². The Hall–Kier alpha value is -2.89. The first-order chi connectivity index (χ1) is 14.1. The molecule has 0 radical (unpaired) electrons. The minimum absolute atomic E-state index is 0.168. The molecule has 0 aliphatic heterocycles. The number of halogens is 1. The van der Waals surface area contributed by atoms with Crippen molar-refractivity contribution in [1.82, 2.24) is 15.3 Å². The van der Waals surface area contributed by atoms with E-state index < -0.39 is 0 Å². The van der Waals surface area contributed by atoms with Gasteiger partial charge < -0.3 is 5.32 Å². The van der Waals surface area contributed by atoms with E-state index in [0.717, 1.165) is 16.5 Å². The lowest BCUT2D eigenvalue weighted by Crippen LogP contribution is -2.23. The highest BCUT2D eigenvalue weighted by Gasteiger charge is 2.14. The zero-order chi connectivity index (χ0) is 20.2. The van der Waals surface area contributed by atoms with Gasteiger partial charge >= 0.3 is 0 Å². The summed E-state index contributed by atoms with van der Waals surface area (Å²) in [4.78, 5) is 23.1. The predicted molar refractivity (Wildman–Crippen MR) is 119 cm³/mol. The second kappa shape index (κ2) is 8.64. The molecule has 1 amide bonds. The van der Waals surface area contributed by atoms with Crippen molar-refractivity contribution in [2.45, 2.75) is 11.4 Å². The molecule has 2 aromatic carbocycles. The van der Waals surface area contributed by atoms with Gasteiger partial charge in [0.05, 0.1) is 16.8 Å². The summed E-state index contributed by atoms with van der Waals surface area (Å²) in [5.74, 6) is -0.168. The SMILES string of the molecule is CSc1ccc(CNC(=O)c2cc(-c3cccnc3)nc3ccc(Cl)cc23)cc1. The van der Waals surface area contributed by atoms with Crippen molar-refractivity contribution in [1.29, 1.82) is 0 Å². The molecule has 4 aromatic rings. The van der Waals surface area contributed by atoms with Crippen LogP contribution in [-0.4, -0.2) is 22.1 Å². The van der Waals surface area contributed by atoms with Crippen molar-refractivity contribution >= 4 is 40.2 Å². The summed E-state index contributed by atoms with van der Waals surface area (Å²) in [5.41, 5.74) is 3.84. The van der Waals surface area contributed by atoms with Crippen LogP contribution in [0.15, 0.2) is 78.0 Å². The zero-order valence-electron chi connectivity index (χ0n) is 15.7. The smallest absolute Gasteiger partial charge is 0.252 e. The molecule has 144 valence electrons. The number of aromatic nitrogens is 2. The first-order valence-electron chi connectivity index (χ1n) is 9.06. The molecule has 0 bridgehead atoms. The van der Waals surface area contributed by atoms with E-state index in [4.69, 9.17) is 11.6 Å². The second-order valence-electron chi connectivity index (χ2n) is 6.49. The highest BCUT2D eigenvalue weighted by molar-refractivity contribution is 7.98. The standard InChI is InChI=1S/C23H18ClN3OS/c1-29-18-7-4-15(5-8-18)13-26-23(28)20-12-22(16-3-2-10-25-14-16)27-21-9-6-17(24)11-19(20)21/h2-12,14H,13H2,1H3,(H,26,28). The molecule has 0 saturated heterocycles. The summed E-state index contributed by atoms with van der Waals surface area (Å²) in [6.45, 7) is 0.445. The molecule has 0 saturated carbocycles. The number of hydrogen-bond acceptors (Lipinski definition) is 4. The molecule has 0 unspecified atom stereocenters. The quantitative estimate of drug-likeness (QED) is 0.427. The predicted octanol–water partition coefficient (Wildman–Crippen LogP) is 5.60. The van der Waals surface area contributed by atoms with E-state index in [1.165, 1.54) is 4.90 Å². The molecule has 0 aliphatic carbocycles. The van der Waals surface area contributed by atoms with Gasteiger partial charge in [0, 0.05) is 39.8 Å². The molecule has 1 N–H and O–H groups in total. The first-order valence-corrected chi connectivity index (χ1v) is 10.7. The fourth-order valence-corrected chi connectivity index (χ4v) is 3.65. The number of nitrogens with zero attached hydrogens (tertiary/aromatic N) is 2. The average molecular weight is 420 g/mol. The van der Waals surface area contributed by atoms with Crippen LogP contribution in [0.3, 0.4) is 0 Å². The van der Waals surface area contributed by atoms with Crippen LogP contribution in [0.4, 0.5) is 0 Å². The highest BCUT2D eigenvalue weighted by Crippen LogP contribution is 2.27. The van der Waals surface area contributed by atoms with Crippen LogP contribution < -0.4 is 5.32 Å². The molecule has 6 heteroatoms. The van der Waals surface area contributed by atoms with E-state index >= 15 is 0 Å². The van der Waals surface area contributed by atoms with Gasteiger partial charge in [-0.25, -0.2) is 4.98 Å². The van der Waals surface area contributed by atoms with E-state index in [0.29, 0.717) is 28.3 Å². The molecule has 0 spiro atoms. The number of fused-ring (bicyclic) bond motifs is 1. The van der Waals surface area contributed by atoms with Gasteiger partial charge in [-0.2, -0.15) is 0 Å². The van der Waals surface area contributed by atoms with Crippen LogP contribution in [0.5, 0.6) is 0 Å². The number of amides is 1. The maximum Gasteiger partial charge on any atom is 0.252 e. The lowest BCUT2D eigenvalue weighted by Gasteiger charge is -2.11. The second-order valence-corrected chi connectivity index (χ2v) is 7.81. The number of thioether (sulfide) groups is 1. The van der Waals surface area contributed by atoms with Gasteiger partial charge in [-0.15, -0.1) is 11.8 Å². The van der Waals surface area contributed by atoms with Crippen molar-refractivity contribution in [3.05, 3.63) is 89.2 Å². The zero-order valence-corrected chi connectivity index (χ0v) is 17.3. The molecule has 0 atom stereocenters. The summed E-state index contributed by atoms with van der Waals surface area (Å²) in [7, 11) is 0. The fourth-order valence-electron chi connectivity index (χ4n) is 3.07. The summed E-state index contributed by atoms with van der Waals surface area (Å²) < 4.78 is 0. The summed E-state index contributed by atoms with van der Waals surface area (Å²) in [6, 6.07) is 19.1. The molecule has 29 heavy (non-hydrogen) atoms. The van der Waals surface area contributed by atoms with E-state index in [1.54, 1.807) is 42.4 Å². The van der Waals surface area contributed by atoms with Crippen LogP contribution in [0.2, 0.25) is 5.02 Å². The van der Waals surface area contributed by atoms with Crippen molar-refractivity contribution in [2.75, 3.05) is 6.26 Å². The maximum absolute atomic E-state index is 13.0. The number of carbonyl (C=O) groups excluding carboxylic acids is 1. The van der Waals surface area contributed by atoms with Gasteiger partial charge in [0.15, 0.2) is 0 Å². The topological polar surface area (TPSA) is 54.9 Å². The molecule has 0 aliphatic rings. The molecular formula is C23H18ClN3OS. The van der Waals surface area contributed by atoms with E-state index in [9.17, 15) is 4.79 Å². The number of rotatable bonds is 5. The van der Waals surface area contributed by atoms with Crippen LogP contribution in [-0.2, 0) is 6.54 Å². The van der Waals surface area contributed by atoms with E-state index in [1.807, 2.05) is 48.7 Å². The van der Waals surface area contributed by atoms with Crippen LogP contribution >= 0.6 is 23.4 Å². The van der Waals surface area contributed by atoms with Crippen LogP contribution in [0.1, 0.15) is 15.9 Å². The first kappa shape index (κ1) is 19.4. The Labute approximate surface area is 178 Å². The van der Waals surface area contributed by atoms with Gasteiger partial charge in [0.2, 0.25) is 0 Å². The molecule has 4 nitrogen and oxygen atoms in total. The molecule has 0 fully saturated rings. The van der Waals surface area contributed by atoms with Gasteiger partial charge in [0.25, 0.3) is 5.91 Å². The van der Waals surface area contributed by atoms with Gasteiger partial charge in [-0.05, 0) is 60.4 Å². The van der Waals surface area contributed by atoms with E-state index in [-0.39, 0.29) is 5.91 Å². The van der Waals surface area contributed by atoms with Crippen molar-refractivity contribution < 1.29 is 4.79 Å². The third-order valence-electron chi connectivity index (χ3n) is 4.58. The summed E-state index contributed by atoms with van der Waals surface area (Å²) in [5, 5.41) is 4.30. The Morgan fingerprint density at radius 3 is 2.66 bits per heavy atom. The van der Waals surface area contributed by atoms with Crippen LogP contribution in [0, 0.1) is 0 Å². The maximum atomic E-state index is 13.0. The minimum Gasteiger partial charge on any atom is -0.348 e. The normalized spacial score (nSPS) is 10.8. The number of pyridine rings is 2. The highest BCUT2D eigenvalue weighted by atomic mass is 35.5. The molecule has 2 aromatic heterocycles. The Kier molecular flexibility index (Phi) is 5.79. The number of benzene rings is 2. The molecule has 2 heterocycles. The fraction of sp³-hybridized carbons (Fsp3) is 0.0870. The third-order valence-corrected chi connectivity index (χ3v) is 5.56. The summed E-state index contributed by atoms with van der Waals surface area (Å²) in [6.07, 6.45) is 5.48. The Morgan fingerprint density at radius 1 is 1.10 bits per heavy atom. The molecular weight excluding hydrogens is 402 g/mol. The van der Waals surface area contributed by atoms with Crippen LogP contribution in [0.25, 0.3) is 22.2 Å². The lowest BCUT2D eigenvalue weighted by molar-refractivity contribution is 0.0952. The molecule has 4 rings (SSSR count). The Morgan fingerprint density at radius 2 is 1.93 bits per heavy atom. The third kappa shape index (κ3) is 4.42. The largest absolute Gasteiger partial charge is 0.348 e. The number of carbonyl (C=O) groups is 1.